The quantitative estimate of drug-likeness (QED) is 0.196. The Balaban J connectivity index is 1.82. The SMILES string of the molecule is O=C(Oc1c(I)cc(I)cc1I)C1C2CCC(C2)C1C(=O)OC(CS(=O)(=O)O)C(F)(F)F. The van der Waals surface area contributed by atoms with Crippen LogP contribution in [0.4, 0.5) is 13.2 Å². The molecule has 1 aromatic rings. The van der Waals surface area contributed by atoms with E-state index in [4.69, 9.17) is 9.29 Å². The molecule has 5 unspecified atom stereocenters. The van der Waals surface area contributed by atoms with E-state index in [1.54, 1.807) is 12.1 Å². The summed E-state index contributed by atoms with van der Waals surface area (Å²) in [5.41, 5.74) is 0. The first-order valence-corrected chi connectivity index (χ1v) is 14.1. The standard InChI is InChI=1S/C18H16F3I3O7S/c19-18(20,21)12(6-32(27,28)29)30-16(25)13-7-1-2-8(3-7)14(13)17(26)31-15-10(23)4-9(22)5-11(15)24/h4-5,7-8,12-14H,1-3,6H2,(H,27,28,29). The van der Waals surface area contributed by atoms with Crippen LogP contribution in [-0.4, -0.2) is 42.9 Å². The molecule has 2 aliphatic rings. The average molecular weight is 814 g/mol. The van der Waals surface area contributed by atoms with Gasteiger partial charge in [0, 0.05) is 3.57 Å². The molecule has 1 N–H and O–H groups in total. The lowest BCUT2D eigenvalue weighted by atomic mass is 9.79. The van der Waals surface area contributed by atoms with E-state index in [1.165, 1.54) is 0 Å². The fourth-order valence-electron chi connectivity index (χ4n) is 4.37. The number of fused-ring (bicyclic) bond motifs is 2. The second-order valence-electron chi connectivity index (χ2n) is 7.72. The molecule has 1 aromatic carbocycles. The van der Waals surface area contributed by atoms with Crippen LogP contribution in [0.3, 0.4) is 0 Å². The number of benzene rings is 1. The molecule has 0 heterocycles. The molecule has 0 radical (unpaired) electrons. The smallest absolute Gasteiger partial charge is 0.426 e. The fraction of sp³-hybridized carbons (Fsp3) is 0.556. The summed E-state index contributed by atoms with van der Waals surface area (Å²) in [6, 6.07) is 3.59. The van der Waals surface area contributed by atoms with Crippen LogP contribution in [0.2, 0.25) is 0 Å². The van der Waals surface area contributed by atoms with Gasteiger partial charge in [-0.05, 0) is 111 Å². The predicted molar refractivity (Wildman–Crippen MR) is 130 cm³/mol. The predicted octanol–water partition coefficient (Wildman–Crippen LogP) is 4.43. The molecule has 178 valence electrons. The lowest BCUT2D eigenvalue weighted by molar-refractivity contribution is -0.219. The number of rotatable bonds is 6. The maximum atomic E-state index is 13.2. The van der Waals surface area contributed by atoms with Gasteiger partial charge in [0.1, 0.15) is 5.75 Å². The Bertz CT molecular complexity index is 1010. The van der Waals surface area contributed by atoms with Crippen molar-refractivity contribution in [1.29, 1.82) is 0 Å². The van der Waals surface area contributed by atoms with E-state index in [0.717, 1.165) is 3.57 Å². The summed E-state index contributed by atoms with van der Waals surface area (Å²) >= 11 is 6.12. The number of hydrogen-bond acceptors (Lipinski definition) is 6. The van der Waals surface area contributed by atoms with Gasteiger partial charge in [-0.25, -0.2) is 0 Å². The molecule has 2 aliphatic carbocycles. The second-order valence-corrected chi connectivity index (χ2v) is 12.8. The third-order valence-electron chi connectivity index (χ3n) is 5.61. The first-order chi connectivity index (χ1) is 14.7. The van der Waals surface area contributed by atoms with Gasteiger partial charge in [0.15, 0.2) is 5.75 Å². The summed E-state index contributed by atoms with van der Waals surface area (Å²) in [6.07, 6.45) is -6.59. The Morgan fingerprint density at radius 3 is 2.03 bits per heavy atom. The second kappa shape index (κ2) is 9.96. The molecular weight excluding hydrogens is 798 g/mol. The van der Waals surface area contributed by atoms with Crippen LogP contribution < -0.4 is 4.74 Å². The van der Waals surface area contributed by atoms with Crippen molar-refractivity contribution in [3.05, 3.63) is 22.8 Å². The summed E-state index contributed by atoms with van der Waals surface area (Å²) < 4.78 is 82.7. The highest BCUT2D eigenvalue weighted by atomic mass is 127. The Labute approximate surface area is 222 Å². The summed E-state index contributed by atoms with van der Waals surface area (Å²) in [6.45, 7) is 0. The van der Waals surface area contributed by atoms with E-state index in [0.29, 0.717) is 32.2 Å². The molecule has 0 aromatic heterocycles. The van der Waals surface area contributed by atoms with E-state index in [2.05, 4.69) is 27.3 Å². The third kappa shape index (κ3) is 6.18. The molecule has 0 saturated heterocycles. The number of hydrogen-bond donors (Lipinski definition) is 1. The molecular formula is C18H16F3I3O7S. The highest BCUT2D eigenvalue weighted by Crippen LogP contribution is 2.53. The van der Waals surface area contributed by atoms with Crippen molar-refractivity contribution in [2.24, 2.45) is 23.7 Å². The average Bonchev–Trinajstić information content (AvgIpc) is 3.23. The van der Waals surface area contributed by atoms with Crippen molar-refractivity contribution in [2.75, 3.05) is 5.75 Å². The maximum Gasteiger partial charge on any atom is 0.426 e. The van der Waals surface area contributed by atoms with Gasteiger partial charge >= 0.3 is 18.1 Å². The van der Waals surface area contributed by atoms with Gasteiger partial charge in [0.2, 0.25) is 6.10 Å². The van der Waals surface area contributed by atoms with Crippen molar-refractivity contribution >= 4 is 89.8 Å². The molecule has 2 saturated carbocycles. The zero-order valence-corrected chi connectivity index (χ0v) is 23.2. The van der Waals surface area contributed by atoms with Crippen molar-refractivity contribution in [3.63, 3.8) is 0 Å². The summed E-state index contributed by atoms with van der Waals surface area (Å²) in [7, 11) is -5.06. The maximum absolute atomic E-state index is 13.2. The van der Waals surface area contributed by atoms with E-state index in [1.807, 2.05) is 45.2 Å². The van der Waals surface area contributed by atoms with Gasteiger partial charge in [0.05, 0.1) is 19.0 Å². The van der Waals surface area contributed by atoms with Crippen molar-refractivity contribution in [2.45, 2.75) is 31.5 Å². The van der Waals surface area contributed by atoms with Crippen LogP contribution in [0.25, 0.3) is 0 Å². The zero-order valence-electron chi connectivity index (χ0n) is 15.9. The monoisotopic (exact) mass is 814 g/mol. The van der Waals surface area contributed by atoms with Crippen LogP contribution in [0.15, 0.2) is 12.1 Å². The lowest BCUT2D eigenvalue weighted by Gasteiger charge is -2.30. The van der Waals surface area contributed by atoms with E-state index < -0.39 is 51.9 Å². The number of ether oxygens (including phenoxy) is 2. The van der Waals surface area contributed by atoms with Crippen LogP contribution in [0.1, 0.15) is 19.3 Å². The van der Waals surface area contributed by atoms with Gasteiger partial charge in [-0.3, -0.25) is 14.1 Å². The first-order valence-electron chi connectivity index (χ1n) is 9.26. The number of carbonyl (C=O) groups excluding carboxylic acids is 2. The molecule has 32 heavy (non-hydrogen) atoms. The van der Waals surface area contributed by atoms with Crippen molar-refractivity contribution in [3.8, 4) is 5.75 Å². The highest BCUT2D eigenvalue weighted by Gasteiger charge is 2.57. The Morgan fingerprint density at radius 2 is 1.56 bits per heavy atom. The molecule has 0 spiro atoms. The van der Waals surface area contributed by atoms with Crippen LogP contribution in [0.5, 0.6) is 5.75 Å². The Morgan fingerprint density at radius 1 is 1.06 bits per heavy atom. The van der Waals surface area contributed by atoms with Crippen molar-refractivity contribution < 1.29 is 45.2 Å². The zero-order chi connectivity index (χ0) is 24.0. The number of carbonyl (C=O) groups is 2. The van der Waals surface area contributed by atoms with Gasteiger partial charge < -0.3 is 9.47 Å². The number of halogens is 6. The van der Waals surface area contributed by atoms with Crippen LogP contribution in [-0.2, 0) is 24.4 Å². The summed E-state index contributed by atoms with van der Waals surface area (Å²) in [4.78, 5) is 25.7. The minimum Gasteiger partial charge on any atom is -0.451 e. The normalized spacial score (nSPS) is 26.1. The summed E-state index contributed by atoms with van der Waals surface area (Å²) in [5, 5.41) is 0. The molecule has 0 amide bonds. The lowest BCUT2D eigenvalue weighted by Crippen LogP contribution is -2.44. The van der Waals surface area contributed by atoms with Crippen LogP contribution >= 0.6 is 67.8 Å². The first kappa shape index (κ1) is 26.7. The molecule has 5 atom stereocenters. The van der Waals surface area contributed by atoms with Crippen LogP contribution in [0, 0.1) is 34.4 Å². The van der Waals surface area contributed by atoms with Crippen molar-refractivity contribution in [1.82, 2.24) is 0 Å². The molecule has 7 nitrogen and oxygen atoms in total. The van der Waals surface area contributed by atoms with Gasteiger partial charge in [-0.1, -0.05) is 0 Å². The molecule has 2 fully saturated rings. The molecule has 14 heteroatoms. The molecule has 0 aliphatic heterocycles. The summed E-state index contributed by atoms with van der Waals surface area (Å²) in [5.74, 6) is -6.30. The Kier molecular flexibility index (Phi) is 8.30. The largest absolute Gasteiger partial charge is 0.451 e. The fourth-order valence-corrected chi connectivity index (χ4v) is 8.81. The van der Waals surface area contributed by atoms with E-state index in [-0.39, 0.29) is 11.8 Å². The van der Waals surface area contributed by atoms with Gasteiger partial charge in [-0.15, -0.1) is 0 Å². The minimum absolute atomic E-state index is 0.241. The minimum atomic E-state index is -5.20. The molecule has 2 bridgehead atoms. The molecule has 3 rings (SSSR count). The van der Waals surface area contributed by atoms with E-state index >= 15 is 0 Å². The van der Waals surface area contributed by atoms with Gasteiger partial charge in [0.25, 0.3) is 10.1 Å². The number of esters is 2. The number of alkyl halides is 3. The highest BCUT2D eigenvalue weighted by molar-refractivity contribution is 14.1. The van der Waals surface area contributed by atoms with Gasteiger partial charge in [-0.2, -0.15) is 21.6 Å². The third-order valence-corrected chi connectivity index (χ3v) is 8.56. The Hall–Kier alpha value is 0.0500. The van der Waals surface area contributed by atoms with E-state index in [9.17, 15) is 31.2 Å². The topological polar surface area (TPSA) is 107 Å².